The average molecular weight is 497 g/mol. The van der Waals surface area contributed by atoms with Gasteiger partial charge in [0.2, 0.25) is 5.91 Å². The molecule has 1 saturated heterocycles. The van der Waals surface area contributed by atoms with Crippen molar-refractivity contribution in [2.24, 2.45) is 0 Å². The van der Waals surface area contributed by atoms with Crippen molar-refractivity contribution in [2.45, 2.75) is 6.04 Å². The highest BCUT2D eigenvalue weighted by Crippen LogP contribution is 2.35. The van der Waals surface area contributed by atoms with Gasteiger partial charge in [0.05, 0.1) is 30.1 Å². The van der Waals surface area contributed by atoms with Gasteiger partial charge in [-0.25, -0.2) is 9.59 Å². The Morgan fingerprint density at radius 3 is 2.51 bits per heavy atom. The number of benzene rings is 2. The molecule has 2 aromatic rings. The molecule has 3 aliphatic heterocycles. The molecule has 0 spiro atoms. The highest BCUT2D eigenvalue weighted by molar-refractivity contribution is 6.30. The second-order valence-corrected chi connectivity index (χ2v) is 8.93. The Balaban J connectivity index is 1.29. The number of methoxy groups -OCH3 is 1. The number of rotatable bonds is 5. The van der Waals surface area contributed by atoms with Gasteiger partial charge in [0, 0.05) is 31.2 Å². The van der Waals surface area contributed by atoms with Crippen LogP contribution in [0.2, 0.25) is 5.02 Å². The van der Waals surface area contributed by atoms with Crippen molar-refractivity contribution in [2.75, 3.05) is 51.3 Å². The Labute approximate surface area is 207 Å². The summed E-state index contributed by atoms with van der Waals surface area (Å²) in [7, 11) is 1.64. The van der Waals surface area contributed by atoms with Crippen LogP contribution in [0, 0.1) is 0 Å². The Morgan fingerprint density at radius 1 is 1.09 bits per heavy atom. The number of carbonyl (C=O) groups excluding carboxylic acids is 3. The fourth-order valence-corrected chi connectivity index (χ4v) is 4.83. The number of cyclic esters (lactones) is 1. The molecule has 1 atom stereocenters. The van der Waals surface area contributed by atoms with E-state index in [0.29, 0.717) is 48.0 Å². The smallest absolute Gasteiger partial charge is 0.338 e. The minimum absolute atomic E-state index is 0.0411. The molecule has 182 valence electrons. The summed E-state index contributed by atoms with van der Waals surface area (Å²) in [6.07, 6.45) is 0. The number of esters is 1. The van der Waals surface area contributed by atoms with Crippen LogP contribution in [0.1, 0.15) is 11.6 Å². The monoisotopic (exact) mass is 496 g/mol. The minimum Gasteiger partial charge on any atom is -0.495 e. The molecule has 0 bridgehead atoms. The maximum atomic E-state index is 13.1. The molecule has 5 rings (SSSR count). The molecule has 35 heavy (non-hydrogen) atoms. The highest BCUT2D eigenvalue weighted by atomic mass is 35.5. The molecule has 3 aliphatic rings. The van der Waals surface area contributed by atoms with Crippen LogP contribution in [0.5, 0.6) is 5.75 Å². The number of urea groups is 1. The SMILES string of the molecule is COc1ccccc1N1CCN(C(=O)CN2C(=O)N[C@H](c3ccc(Cl)cc3)C3=C2COC3=O)CC1. The number of para-hydroxylation sites is 2. The van der Waals surface area contributed by atoms with E-state index in [2.05, 4.69) is 10.2 Å². The van der Waals surface area contributed by atoms with Crippen LogP contribution in [-0.2, 0) is 14.3 Å². The molecule has 3 heterocycles. The molecule has 2 aromatic carbocycles. The summed E-state index contributed by atoms with van der Waals surface area (Å²) < 4.78 is 10.7. The lowest BCUT2D eigenvalue weighted by atomic mass is 9.96. The van der Waals surface area contributed by atoms with E-state index in [0.717, 1.165) is 11.4 Å². The first-order chi connectivity index (χ1) is 17.0. The summed E-state index contributed by atoms with van der Waals surface area (Å²) >= 11 is 5.98. The second kappa shape index (κ2) is 9.50. The molecule has 1 N–H and O–H groups in total. The van der Waals surface area contributed by atoms with Gasteiger partial charge < -0.3 is 24.6 Å². The van der Waals surface area contributed by atoms with Crippen molar-refractivity contribution in [3.63, 3.8) is 0 Å². The van der Waals surface area contributed by atoms with E-state index in [1.165, 1.54) is 4.90 Å². The van der Waals surface area contributed by atoms with Gasteiger partial charge in [-0.05, 0) is 29.8 Å². The molecule has 0 unspecified atom stereocenters. The number of hydrogen-bond acceptors (Lipinski definition) is 6. The van der Waals surface area contributed by atoms with E-state index >= 15 is 0 Å². The van der Waals surface area contributed by atoms with Crippen molar-refractivity contribution in [3.8, 4) is 5.75 Å². The lowest BCUT2D eigenvalue weighted by Crippen LogP contribution is -2.54. The molecule has 0 aromatic heterocycles. The minimum atomic E-state index is -0.652. The van der Waals surface area contributed by atoms with Gasteiger partial charge >= 0.3 is 12.0 Å². The topological polar surface area (TPSA) is 91.4 Å². The number of nitrogens with zero attached hydrogens (tertiary/aromatic N) is 3. The van der Waals surface area contributed by atoms with E-state index in [9.17, 15) is 14.4 Å². The Morgan fingerprint density at radius 2 is 1.80 bits per heavy atom. The lowest BCUT2D eigenvalue weighted by molar-refractivity contribution is -0.136. The first-order valence-electron chi connectivity index (χ1n) is 11.4. The average Bonchev–Trinajstić information content (AvgIpc) is 3.27. The molecule has 9 nitrogen and oxygen atoms in total. The number of nitrogens with one attached hydrogen (secondary N) is 1. The lowest BCUT2D eigenvalue weighted by Gasteiger charge is -2.38. The van der Waals surface area contributed by atoms with Crippen LogP contribution >= 0.6 is 11.6 Å². The third-order valence-corrected chi connectivity index (χ3v) is 6.81. The number of piperazine rings is 1. The number of ether oxygens (including phenoxy) is 2. The molecule has 3 amide bonds. The zero-order valence-corrected chi connectivity index (χ0v) is 20.0. The van der Waals surface area contributed by atoms with Gasteiger partial charge in [-0.1, -0.05) is 35.9 Å². The molecular formula is C25H25ClN4O5. The van der Waals surface area contributed by atoms with Crippen LogP contribution in [0.15, 0.2) is 59.8 Å². The predicted molar refractivity (Wildman–Crippen MR) is 129 cm³/mol. The third kappa shape index (κ3) is 4.39. The fourth-order valence-electron chi connectivity index (χ4n) is 4.71. The normalized spacial score (nSPS) is 19.9. The van der Waals surface area contributed by atoms with Crippen LogP contribution in [-0.4, -0.2) is 74.1 Å². The quantitative estimate of drug-likeness (QED) is 0.640. The van der Waals surface area contributed by atoms with Crippen molar-refractivity contribution in [1.82, 2.24) is 15.1 Å². The van der Waals surface area contributed by atoms with Crippen LogP contribution in [0.4, 0.5) is 10.5 Å². The van der Waals surface area contributed by atoms with Crippen molar-refractivity contribution >= 4 is 35.2 Å². The summed E-state index contributed by atoms with van der Waals surface area (Å²) in [5.74, 6) is 0.108. The van der Waals surface area contributed by atoms with Crippen LogP contribution < -0.4 is 15.0 Å². The van der Waals surface area contributed by atoms with Crippen LogP contribution in [0.25, 0.3) is 0 Å². The van der Waals surface area contributed by atoms with Gasteiger partial charge in [-0.15, -0.1) is 0 Å². The summed E-state index contributed by atoms with van der Waals surface area (Å²) in [6, 6.07) is 13.6. The molecule has 0 aliphatic carbocycles. The van der Waals surface area contributed by atoms with Gasteiger partial charge in [0.15, 0.2) is 0 Å². The maximum absolute atomic E-state index is 13.1. The van der Waals surface area contributed by atoms with Crippen LogP contribution in [0.3, 0.4) is 0 Å². The molecule has 0 radical (unpaired) electrons. The van der Waals surface area contributed by atoms with Gasteiger partial charge in [-0.2, -0.15) is 0 Å². The van der Waals surface area contributed by atoms with E-state index in [-0.39, 0.29) is 19.1 Å². The Bertz CT molecular complexity index is 1190. The number of carbonyl (C=O) groups is 3. The van der Waals surface area contributed by atoms with Crippen molar-refractivity contribution < 1.29 is 23.9 Å². The third-order valence-electron chi connectivity index (χ3n) is 6.55. The fraction of sp³-hybridized carbons (Fsp3) is 0.320. The maximum Gasteiger partial charge on any atom is 0.338 e. The second-order valence-electron chi connectivity index (χ2n) is 8.50. The van der Waals surface area contributed by atoms with Crippen molar-refractivity contribution in [1.29, 1.82) is 0 Å². The van der Waals surface area contributed by atoms with E-state index < -0.39 is 18.0 Å². The van der Waals surface area contributed by atoms with Gasteiger partial charge in [-0.3, -0.25) is 9.69 Å². The molecule has 10 heteroatoms. The number of anilines is 1. The highest BCUT2D eigenvalue weighted by Gasteiger charge is 2.43. The van der Waals surface area contributed by atoms with E-state index in [1.54, 1.807) is 36.3 Å². The standard InChI is InChI=1S/C25H25ClN4O5/c1-34-20-5-3-2-4-18(20)28-10-12-29(13-11-28)21(31)14-30-19-15-35-24(32)22(19)23(27-25(30)33)16-6-8-17(26)9-7-16/h2-9,23H,10-15H2,1H3,(H,27,33)/t23-/m1/s1. The summed E-state index contributed by atoms with van der Waals surface area (Å²) in [4.78, 5) is 43.9. The van der Waals surface area contributed by atoms with E-state index in [1.807, 2.05) is 24.3 Å². The molecular weight excluding hydrogens is 472 g/mol. The van der Waals surface area contributed by atoms with Crippen molar-refractivity contribution in [3.05, 3.63) is 70.4 Å². The largest absolute Gasteiger partial charge is 0.495 e. The van der Waals surface area contributed by atoms with E-state index in [4.69, 9.17) is 21.1 Å². The molecule has 1 fully saturated rings. The number of hydrogen-bond donors (Lipinski definition) is 1. The molecule has 0 saturated carbocycles. The number of halogens is 1. The summed E-state index contributed by atoms with van der Waals surface area (Å²) in [5.41, 5.74) is 2.48. The van der Waals surface area contributed by atoms with Gasteiger partial charge in [0.25, 0.3) is 0 Å². The van der Waals surface area contributed by atoms with Gasteiger partial charge in [0.1, 0.15) is 18.9 Å². The zero-order valence-electron chi connectivity index (χ0n) is 19.2. The zero-order chi connectivity index (χ0) is 24.5. The number of amides is 3. The summed E-state index contributed by atoms with van der Waals surface area (Å²) in [5, 5.41) is 3.40. The first-order valence-corrected chi connectivity index (χ1v) is 11.7. The Kier molecular flexibility index (Phi) is 6.25. The predicted octanol–water partition coefficient (Wildman–Crippen LogP) is 2.57. The first kappa shape index (κ1) is 23.0. The Hall–Kier alpha value is -3.72. The summed E-state index contributed by atoms with van der Waals surface area (Å²) in [6.45, 7) is 2.12.